The molecule has 0 aliphatic heterocycles. The summed E-state index contributed by atoms with van der Waals surface area (Å²) in [6, 6.07) is 9.78. The van der Waals surface area contributed by atoms with Crippen LogP contribution < -0.4 is 10.6 Å². The van der Waals surface area contributed by atoms with Gasteiger partial charge in [0.1, 0.15) is 0 Å². The smallest absolute Gasteiger partial charge is 0.334 e. The number of carbonyl (C=O) groups is 3. The molecule has 2 amide bonds. The lowest BCUT2D eigenvalue weighted by atomic mass is 9.87. The van der Waals surface area contributed by atoms with Gasteiger partial charge in [-0.15, -0.1) is 11.3 Å². The van der Waals surface area contributed by atoms with Crippen molar-refractivity contribution in [3.63, 3.8) is 0 Å². The Morgan fingerprint density at radius 2 is 1.88 bits per heavy atom. The normalized spacial score (nSPS) is 12.8. The molecular formula is C18H19ClN2O4S. The highest BCUT2D eigenvalue weighted by atomic mass is 35.5. The summed E-state index contributed by atoms with van der Waals surface area (Å²) in [6.45, 7) is 1.80. The van der Waals surface area contributed by atoms with Crippen LogP contribution in [0.4, 0.5) is 0 Å². The van der Waals surface area contributed by atoms with Gasteiger partial charge < -0.3 is 15.7 Å². The Morgan fingerprint density at radius 3 is 2.42 bits per heavy atom. The molecule has 0 aliphatic carbocycles. The number of halogens is 1. The molecule has 1 unspecified atom stereocenters. The Hall–Kier alpha value is -2.38. The van der Waals surface area contributed by atoms with Crippen LogP contribution in [0.2, 0.25) is 5.02 Å². The number of rotatable bonds is 8. The Morgan fingerprint density at radius 1 is 1.19 bits per heavy atom. The van der Waals surface area contributed by atoms with Gasteiger partial charge in [0.2, 0.25) is 5.91 Å². The van der Waals surface area contributed by atoms with Crippen LogP contribution in [0.1, 0.15) is 35.0 Å². The Balaban J connectivity index is 2.01. The van der Waals surface area contributed by atoms with Gasteiger partial charge in [-0.2, -0.15) is 0 Å². The second-order valence-corrected chi connectivity index (χ2v) is 6.99. The molecule has 0 aliphatic rings. The summed E-state index contributed by atoms with van der Waals surface area (Å²) in [6.07, 6.45) is 0.136. The summed E-state index contributed by atoms with van der Waals surface area (Å²) in [5, 5.41) is 17.2. The zero-order chi connectivity index (χ0) is 19.2. The van der Waals surface area contributed by atoms with Crippen molar-refractivity contribution in [3.05, 3.63) is 57.2 Å². The lowest BCUT2D eigenvalue weighted by molar-refractivity contribution is -0.148. The predicted octanol–water partition coefficient (Wildman–Crippen LogP) is 3.03. The molecule has 0 radical (unpaired) electrons. The van der Waals surface area contributed by atoms with E-state index in [4.69, 9.17) is 11.6 Å². The highest BCUT2D eigenvalue weighted by Crippen LogP contribution is 2.27. The van der Waals surface area contributed by atoms with Gasteiger partial charge in [-0.05, 0) is 35.6 Å². The van der Waals surface area contributed by atoms with Crippen LogP contribution in [0, 0.1) is 0 Å². The molecular weight excluding hydrogens is 376 g/mol. The highest BCUT2D eigenvalue weighted by Gasteiger charge is 2.40. The van der Waals surface area contributed by atoms with Gasteiger partial charge in [-0.3, -0.25) is 9.59 Å². The Bertz CT molecular complexity index is 777. The zero-order valence-corrected chi connectivity index (χ0v) is 15.7. The van der Waals surface area contributed by atoms with Crippen molar-refractivity contribution in [1.82, 2.24) is 10.6 Å². The highest BCUT2D eigenvalue weighted by molar-refractivity contribution is 7.12. The number of carboxylic acids is 1. The van der Waals surface area contributed by atoms with Crippen molar-refractivity contribution in [3.8, 4) is 0 Å². The molecule has 0 fully saturated rings. The van der Waals surface area contributed by atoms with Crippen LogP contribution in [-0.2, 0) is 15.1 Å². The van der Waals surface area contributed by atoms with Crippen molar-refractivity contribution in [1.29, 1.82) is 0 Å². The number of hydrogen-bond acceptors (Lipinski definition) is 4. The molecule has 3 N–H and O–H groups in total. The van der Waals surface area contributed by atoms with Gasteiger partial charge in [0.25, 0.3) is 5.91 Å². The van der Waals surface area contributed by atoms with Crippen molar-refractivity contribution in [2.45, 2.75) is 25.3 Å². The van der Waals surface area contributed by atoms with Crippen LogP contribution in [-0.4, -0.2) is 29.4 Å². The largest absolute Gasteiger partial charge is 0.479 e. The average Bonchev–Trinajstić information content (AvgIpc) is 3.15. The maximum Gasteiger partial charge on any atom is 0.334 e. The van der Waals surface area contributed by atoms with E-state index < -0.39 is 17.4 Å². The summed E-state index contributed by atoms with van der Waals surface area (Å²) in [4.78, 5) is 36.6. The molecule has 138 valence electrons. The number of amides is 2. The van der Waals surface area contributed by atoms with Crippen LogP contribution in [0.3, 0.4) is 0 Å². The first-order valence-corrected chi connectivity index (χ1v) is 9.27. The molecule has 0 saturated heterocycles. The number of thiophene rings is 1. The first-order chi connectivity index (χ1) is 12.4. The van der Waals surface area contributed by atoms with E-state index in [1.54, 1.807) is 48.7 Å². The molecule has 1 atom stereocenters. The van der Waals surface area contributed by atoms with E-state index >= 15 is 0 Å². The first kappa shape index (κ1) is 19.9. The van der Waals surface area contributed by atoms with E-state index in [1.165, 1.54) is 11.3 Å². The minimum Gasteiger partial charge on any atom is -0.479 e. The monoisotopic (exact) mass is 394 g/mol. The molecule has 2 aromatic rings. The van der Waals surface area contributed by atoms with E-state index in [0.29, 0.717) is 15.5 Å². The quantitative estimate of drug-likeness (QED) is 0.641. The van der Waals surface area contributed by atoms with Crippen LogP contribution in [0.15, 0.2) is 41.8 Å². The molecule has 1 aromatic heterocycles. The minimum atomic E-state index is -1.54. The first-order valence-electron chi connectivity index (χ1n) is 8.01. The third-order valence-corrected chi connectivity index (χ3v) is 5.09. The van der Waals surface area contributed by atoms with Gasteiger partial charge in [-0.1, -0.05) is 36.7 Å². The van der Waals surface area contributed by atoms with Gasteiger partial charge in [-0.25, -0.2) is 4.79 Å². The fourth-order valence-corrected chi connectivity index (χ4v) is 3.28. The van der Waals surface area contributed by atoms with Gasteiger partial charge in [0.05, 0.1) is 4.88 Å². The van der Waals surface area contributed by atoms with Gasteiger partial charge in [0, 0.05) is 18.0 Å². The molecule has 0 bridgehead atoms. The number of benzene rings is 1. The SMILES string of the molecule is CCC(NC(=O)CCNC(=O)c1cccs1)(C(=O)O)c1ccc(Cl)cc1. The summed E-state index contributed by atoms with van der Waals surface area (Å²) in [5.41, 5.74) is -1.10. The van der Waals surface area contributed by atoms with Gasteiger partial charge >= 0.3 is 5.97 Å². The lowest BCUT2D eigenvalue weighted by Gasteiger charge is -2.30. The molecule has 26 heavy (non-hydrogen) atoms. The summed E-state index contributed by atoms with van der Waals surface area (Å²) in [5.74, 6) is -1.88. The van der Waals surface area contributed by atoms with Crippen molar-refractivity contribution in [2.75, 3.05) is 6.54 Å². The van der Waals surface area contributed by atoms with Crippen molar-refractivity contribution >= 4 is 40.7 Å². The number of hydrogen-bond donors (Lipinski definition) is 3. The van der Waals surface area contributed by atoms with Crippen LogP contribution in [0.5, 0.6) is 0 Å². The number of aliphatic carboxylic acids is 1. The van der Waals surface area contributed by atoms with Crippen LogP contribution in [0.25, 0.3) is 0 Å². The minimum absolute atomic E-state index is 0.0280. The van der Waals surface area contributed by atoms with Crippen LogP contribution >= 0.6 is 22.9 Å². The molecule has 0 spiro atoms. The van der Waals surface area contributed by atoms with Crippen molar-refractivity contribution in [2.24, 2.45) is 0 Å². The third-order valence-electron chi connectivity index (χ3n) is 3.97. The lowest BCUT2D eigenvalue weighted by Crippen LogP contribution is -2.52. The molecule has 0 saturated carbocycles. The van der Waals surface area contributed by atoms with Gasteiger partial charge in [0.15, 0.2) is 5.54 Å². The second-order valence-electron chi connectivity index (χ2n) is 5.60. The Labute approximate surface area is 160 Å². The Kier molecular flexibility index (Phi) is 6.76. The maximum atomic E-state index is 12.3. The number of carbonyl (C=O) groups excluding carboxylic acids is 2. The molecule has 1 heterocycles. The molecule has 6 nitrogen and oxygen atoms in total. The third kappa shape index (κ3) is 4.62. The van der Waals surface area contributed by atoms with E-state index in [9.17, 15) is 19.5 Å². The number of nitrogens with one attached hydrogen (secondary N) is 2. The second kappa shape index (κ2) is 8.82. The maximum absolute atomic E-state index is 12.3. The van der Waals surface area contributed by atoms with Crippen molar-refractivity contribution < 1.29 is 19.5 Å². The number of carboxylic acid groups (broad SMARTS) is 1. The zero-order valence-electron chi connectivity index (χ0n) is 14.1. The topological polar surface area (TPSA) is 95.5 Å². The van der Waals surface area contributed by atoms with E-state index in [2.05, 4.69) is 10.6 Å². The fraction of sp³-hybridized carbons (Fsp3) is 0.278. The predicted molar refractivity (Wildman–Crippen MR) is 100 cm³/mol. The van der Waals surface area contributed by atoms with E-state index in [1.807, 2.05) is 0 Å². The molecule has 8 heteroatoms. The average molecular weight is 395 g/mol. The molecule has 1 aromatic carbocycles. The summed E-state index contributed by atoms with van der Waals surface area (Å²) >= 11 is 7.16. The summed E-state index contributed by atoms with van der Waals surface area (Å²) in [7, 11) is 0. The van der Waals surface area contributed by atoms with E-state index in [-0.39, 0.29) is 25.3 Å². The molecule has 2 rings (SSSR count). The fourth-order valence-electron chi connectivity index (χ4n) is 2.51. The summed E-state index contributed by atoms with van der Waals surface area (Å²) < 4.78 is 0. The standard InChI is InChI=1S/C18H19ClN2O4S/c1-2-18(17(24)25,12-5-7-13(19)8-6-12)21-15(22)9-10-20-16(23)14-4-3-11-26-14/h3-8,11H,2,9-10H2,1H3,(H,20,23)(H,21,22)(H,24,25). The van der Waals surface area contributed by atoms with E-state index in [0.717, 1.165) is 0 Å².